The van der Waals surface area contributed by atoms with Crippen molar-refractivity contribution in [3.63, 3.8) is 0 Å². The molecule has 2 heteroatoms. The maximum Gasteiger partial charge on any atom is 0.331 e. The zero-order valence-corrected chi connectivity index (χ0v) is 21.1. The highest BCUT2D eigenvalue weighted by Gasteiger charge is 2.27. The van der Waals surface area contributed by atoms with E-state index in [-0.39, 0.29) is 5.97 Å². The van der Waals surface area contributed by atoms with E-state index in [1.807, 2.05) is 19.1 Å². The number of benzene rings is 4. The van der Waals surface area contributed by atoms with Crippen LogP contribution in [0.1, 0.15) is 42.0 Å². The molecule has 37 heavy (non-hydrogen) atoms. The number of ether oxygens (including phenoxy) is 1. The predicted molar refractivity (Wildman–Crippen MR) is 153 cm³/mol. The van der Waals surface area contributed by atoms with Crippen molar-refractivity contribution in [1.29, 1.82) is 0 Å². The van der Waals surface area contributed by atoms with E-state index >= 15 is 0 Å². The molecule has 4 aromatic rings. The van der Waals surface area contributed by atoms with Gasteiger partial charge < -0.3 is 4.74 Å². The van der Waals surface area contributed by atoms with Gasteiger partial charge in [0, 0.05) is 6.08 Å². The molecule has 0 fully saturated rings. The molecule has 0 spiro atoms. The van der Waals surface area contributed by atoms with E-state index in [9.17, 15) is 4.79 Å². The Labute approximate surface area is 219 Å². The van der Waals surface area contributed by atoms with Gasteiger partial charge in [0.25, 0.3) is 0 Å². The smallest absolute Gasteiger partial charge is 0.331 e. The Morgan fingerprint density at radius 3 is 1.51 bits per heavy atom. The Morgan fingerprint density at radius 2 is 1.03 bits per heavy atom. The van der Waals surface area contributed by atoms with Crippen molar-refractivity contribution >= 4 is 28.3 Å². The lowest BCUT2D eigenvalue weighted by Crippen LogP contribution is -2.03. The van der Waals surface area contributed by atoms with Gasteiger partial charge in [0.2, 0.25) is 0 Å². The number of hydrogen-bond acceptors (Lipinski definition) is 2. The minimum absolute atomic E-state index is 0.303. The van der Waals surface area contributed by atoms with Crippen LogP contribution < -0.4 is 0 Å². The largest absolute Gasteiger partial charge is 0.463 e. The Hall–Kier alpha value is -4.43. The van der Waals surface area contributed by atoms with Crippen LogP contribution in [0.5, 0.6) is 0 Å². The Balaban J connectivity index is 1.92. The van der Waals surface area contributed by atoms with Crippen molar-refractivity contribution in [3.8, 4) is 0 Å². The van der Waals surface area contributed by atoms with Crippen LogP contribution in [0.4, 0.5) is 0 Å². The molecular weight excluding hydrogens is 452 g/mol. The van der Waals surface area contributed by atoms with Crippen LogP contribution in [0, 0.1) is 0 Å². The van der Waals surface area contributed by atoms with Crippen molar-refractivity contribution < 1.29 is 9.53 Å². The van der Waals surface area contributed by atoms with Crippen molar-refractivity contribution in [2.24, 2.45) is 0 Å². The third-order valence-electron chi connectivity index (χ3n) is 6.66. The summed E-state index contributed by atoms with van der Waals surface area (Å²) < 4.78 is 5.38. The average molecular weight is 483 g/mol. The molecule has 0 atom stereocenters. The molecule has 0 amide bonds. The predicted octanol–water partition coefficient (Wildman–Crippen LogP) is 8.49. The first kappa shape index (κ1) is 24.3. The van der Waals surface area contributed by atoms with Gasteiger partial charge in [-0.1, -0.05) is 121 Å². The molecule has 0 heterocycles. The first-order valence-electron chi connectivity index (χ1n) is 12.8. The lowest BCUT2D eigenvalue weighted by Gasteiger charge is -2.21. The van der Waals surface area contributed by atoms with Crippen LogP contribution in [0.3, 0.4) is 0 Å². The van der Waals surface area contributed by atoms with Crippen molar-refractivity contribution in [3.05, 3.63) is 155 Å². The summed E-state index contributed by atoms with van der Waals surface area (Å²) in [6.07, 6.45) is 3.22. The average Bonchev–Trinajstić information content (AvgIpc) is 3.12. The Bertz CT molecular complexity index is 1450. The Kier molecular flexibility index (Phi) is 7.57. The van der Waals surface area contributed by atoms with Crippen LogP contribution >= 0.6 is 0 Å². The number of hydrogen-bond donors (Lipinski definition) is 0. The molecule has 5 rings (SSSR count). The van der Waals surface area contributed by atoms with Crippen LogP contribution in [-0.4, -0.2) is 12.6 Å². The highest BCUT2D eigenvalue weighted by atomic mass is 16.5. The highest BCUT2D eigenvalue weighted by molar-refractivity contribution is 6.24. The molecule has 0 saturated heterocycles. The number of allylic oxidation sites excluding steroid dienone is 5. The summed E-state index contributed by atoms with van der Waals surface area (Å²) in [5.41, 5.74) is 10.2. The summed E-state index contributed by atoms with van der Waals surface area (Å²) in [7, 11) is 0. The van der Waals surface area contributed by atoms with Gasteiger partial charge in [-0.25, -0.2) is 4.79 Å². The molecule has 1 aliphatic rings. The first-order valence-corrected chi connectivity index (χ1v) is 12.8. The van der Waals surface area contributed by atoms with Crippen molar-refractivity contribution in [2.75, 3.05) is 6.61 Å². The number of rotatable bonds is 6. The molecule has 4 aromatic carbocycles. The second-order valence-electron chi connectivity index (χ2n) is 8.99. The fraction of sp³-hybridized carbons (Fsp3) is 0.114. The van der Waals surface area contributed by atoms with Gasteiger partial charge in [-0.2, -0.15) is 0 Å². The highest BCUT2D eigenvalue weighted by Crippen LogP contribution is 2.49. The fourth-order valence-corrected chi connectivity index (χ4v) is 5.10. The molecule has 182 valence electrons. The molecule has 0 radical (unpaired) electrons. The molecule has 0 aliphatic heterocycles. The lowest BCUT2D eigenvalue weighted by molar-refractivity contribution is -0.137. The maximum absolute atomic E-state index is 12.8. The second kappa shape index (κ2) is 11.5. The van der Waals surface area contributed by atoms with Gasteiger partial charge in [-0.05, 0) is 69.9 Å². The minimum Gasteiger partial charge on any atom is -0.463 e. The first-order chi connectivity index (χ1) is 18.3. The molecule has 0 unspecified atom stereocenters. The van der Waals surface area contributed by atoms with Crippen molar-refractivity contribution in [2.45, 2.75) is 19.8 Å². The lowest BCUT2D eigenvalue weighted by atomic mass is 9.82. The summed E-state index contributed by atoms with van der Waals surface area (Å²) in [6, 6.07) is 42.2. The normalized spacial score (nSPS) is 15.0. The SMILES string of the molecule is CCOC(=O)/C=C1\CCC(c2ccccc2)=C(c2ccccc2)C(c2ccccc2)=C1c1ccccc1. The molecule has 2 nitrogen and oxygen atoms in total. The third kappa shape index (κ3) is 5.39. The fourth-order valence-electron chi connectivity index (χ4n) is 5.10. The number of esters is 1. The monoisotopic (exact) mass is 482 g/mol. The van der Waals surface area contributed by atoms with E-state index in [0.29, 0.717) is 6.61 Å². The summed E-state index contributed by atoms with van der Waals surface area (Å²) >= 11 is 0. The summed E-state index contributed by atoms with van der Waals surface area (Å²) in [5.74, 6) is -0.303. The van der Waals surface area contributed by atoms with Gasteiger partial charge in [-0.15, -0.1) is 0 Å². The van der Waals surface area contributed by atoms with Gasteiger partial charge >= 0.3 is 5.97 Å². The minimum atomic E-state index is -0.303. The van der Waals surface area contributed by atoms with E-state index < -0.39 is 0 Å². The van der Waals surface area contributed by atoms with E-state index in [2.05, 4.69) is 109 Å². The third-order valence-corrected chi connectivity index (χ3v) is 6.66. The quantitative estimate of drug-likeness (QED) is 0.203. The van der Waals surface area contributed by atoms with Crippen LogP contribution in [0.15, 0.2) is 133 Å². The van der Waals surface area contributed by atoms with Crippen LogP contribution in [0.2, 0.25) is 0 Å². The van der Waals surface area contributed by atoms with E-state index in [1.165, 1.54) is 16.7 Å². The summed E-state index contributed by atoms with van der Waals surface area (Å²) in [5, 5.41) is 0. The van der Waals surface area contributed by atoms with Gasteiger partial charge in [0.15, 0.2) is 0 Å². The number of carbonyl (C=O) groups is 1. The molecule has 0 saturated carbocycles. The molecule has 1 aliphatic carbocycles. The van der Waals surface area contributed by atoms with Gasteiger partial charge in [-0.3, -0.25) is 0 Å². The van der Waals surface area contributed by atoms with E-state index in [1.54, 1.807) is 6.08 Å². The molecule has 0 N–H and O–H groups in total. The van der Waals surface area contributed by atoms with Crippen LogP contribution in [0.25, 0.3) is 22.3 Å². The summed E-state index contributed by atoms with van der Waals surface area (Å²) in [4.78, 5) is 12.8. The standard InChI is InChI=1S/C35H30O2/c1-2-37-32(36)25-30-23-24-31(26-15-7-3-8-16-26)34(28-19-11-5-12-20-28)35(29-21-13-6-14-22-29)33(30)27-17-9-4-10-18-27/h3-22,25H,2,23-24H2,1H3/b30-25+. The van der Waals surface area contributed by atoms with Crippen molar-refractivity contribution in [1.82, 2.24) is 0 Å². The maximum atomic E-state index is 12.8. The molecule has 0 aromatic heterocycles. The van der Waals surface area contributed by atoms with Gasteiger partial charge in [0.05, 0.1) is 6.61 Å². The number of carbonyl (C=O) groups excluding carboxylic acids is 1. The van der Waals surface area contributed by atoms with E-state index in [0.717, 1.165) is 46.3 Å². The zero-order chi connectivity index (χ0) is 25.5. The summed E-state index contributed by atoms with van der Waals surface area (Å²) in [6.45, 7) is 2.19. The van der Waals surface area contributed by atoms with Crippen LogP contribution in [-0.2, 0) is 9.53 Å². The van der Waals surface area contributed by atoms with Gasteiger partial charge in [0.1, 0.15) is 0 Å². The Morgan fingerprint density at radius 1 is 0.595 bits per heavy atom. The molecule has 0 bridgehead atoms. The topological polar surface area (TPSA) is 26.3 Å². The van der Waals surface area contributed by atoms with E-state index in [4.69, 9.17) is 4.74 Å². The second-order valence-corrected chi connectivity index (χ2v) is 8.99. The zero-order valence-electron chi connectivity index (χ0n) is 21.1. The molecular formula is C35H30O2.